The van der Waals surface area contributed by atoms with E-state index in [9.17, 15) is 15.0 Å². The van der Waals surface area contributed by atoms with Crippen molar-refractivity contribution < 1.29 is 15.0 Å². The molecular weight excluding hydrogens is 675 g/mol. The molecule has 0 radical (unpaired) electrons. The molecule has 322 valence electrons. The second-order valence-electron chi connectivity index (χ2n) is 16.5. The first-order valence-electron chi connectivity index (χ1n) is 24.4. The molecule has 55 heavy (non-hydrogen) atoms. The first-order valence-corrected chi connectivity index (χ1v) is 24.4. The van der Waals surface area contributed by atoms with Crippen LogP contribution >= 0.6 is 0 Å². The van der Waals surface area contributed by atoms with Crippen LogP contribution in [0, 0.1) is 0 Å². The van der Waals surface area contributed by atoms with E-state index < -0.39 is 12.1 Å². The van der Waals surface area contributed by atoms with Crippen LogP contribution in [0.25, 0.3) is 0 Å². The van der Waals surface area contributed by atoms with E-state index in [2.05, 4.69) is 55.6 Å². The van der Waals surface area contributed by atoms with Gasteiger partial charge in [-0.2, -0.15) is 0 Å². The van der Waals surface area contributed by atoms with Crippen LogP contribution in [0.5, 0.6) is 0 Å². The maximum atomic E-state index is 12.4. The maximum Gasteiger partial charge on any atom is 0.220 e. The van der Waals surface area contributed by atoms with Crippen molar-refractivity contribution in [3.8, 4) is 0 Å². The Balaban J connectivity index is 3.57. The van der Waals surface area contributed by atoms with Gasteiger partial charge in [0, 0.05) is 6.42 Å². The van der Waals surface area contributed by atoms with Crippen LogP contribution < -0.4 is 5.32 Å². The highest BCUT2D eigenvalue weighted by molar-refractivity contribution is 5.76. The van der Waals surface area contributed by atoms with E-state index in [0.29, 0.717) is 6.42 Å². The van der Waals surface area contributed by atoms with E-state index in [0.717, 1.165) is 44.9 Å². The van der Waals surface area contributed by atoms with Crippen LogP contribution in [0.1, 0.15) is 251 Å². The number of aliphatic hydroxyl groups is 2. The Morgan fingerprint density at radius 2 is 0.764 bits per heavy atom. The smallest absolute Gasteiger partial charge is 0.220 e. The van der Waals surface area contributed by atoms with E-state index in [1.54, 1.807) is 6.08 Å². The molecule has 0 spiro atoms. The minimum atomic E-state index is -0.867. The second kappa shape index (κ2) is 46.7. The fraction of sp³-hybridized carbons (Fsp3) is 0.824. The molecule has 0 rings (SSSR count). The molecule has 0 saturated heterocycles. The van der Waals surface area contributed by atoms with Crippen LogP contribution in [0.3, 0.4) is 0 Å². The topological polar surface area (TPSA) is 69.6 Å². The van der Waals surface area contributed by atoms with Crippen molar-refractivity contribution in [1.29, 1.82) is 0 Å². The molecule has 2 unspecified atom stereocenters. The molecule has 4 heteroatoms. The molecule has 0 aliphatic rings. The van der Waals surface area contributed by atoms with Crippen molar-refractivity contribution in [1.82, 2.24) is 5.32 Å². The predicted octanol–water partition coefficient (Wildman–Crippen LogP) is 15.5. The lowest BCUT2D eigenvalue weighted by molar-refractivity contribution is -0.123. The number of unbranched alkanes of at least 4 members (excludes halogenated alkanes) is 31. The first kappa shape index (κ1) is 53.4. The van der Waals surface area contributed by atoms with Gasteiger partial charge in [-0.3, -0.25) is 4.79 Å². The molecule has 3 N–H and O–H groups in total. The minimum Gasteiger partial charge on any atom is -0.394 e. The van der Waals surface area contributed by atoms with Gasteiger partial charge in [-0.25, -0.2) is 0 Å². The van der Waals surface area contributed by atoms with Crippen molar-refractivity contribution >= 4 is 5.91 Å². The molecule has 0 aromatic rings. The van der Waals surface area contributed by atoms with Gasteiger partial charge in [-0.1, -0.05) is 229 Å². The van der Waals surface area contributed by atoms with Crippen molar-refractivity contribution in [2.24, 2.45) is 0 Å². The Bertz CT molecular complexity index is 877. The average Bonchev–Trinajstić information content (AvgIpc) is 3.19. The number of hydrogen-bond donors (Lipinski definition) is 3. The first-order chi connectivity index (χ1) is 27.2. The third kappa shape index (κ3) is 43.3. The van der Waals surface area contributed by atoms with E-state index >= 15 is 0 Å². The highest BCUT2D eigenvalue weighted by Gasteiger charge is 2.17. The fourth-order valence-electron chi connectivity index (χ4n) is 7.28. The zero-order valence-electron chi connectivity index (χ0n) is 36.9. The van der Waals surface area contributed by atoms with E-state index in [1.807, 2.05) is 6.08 Å². The van der Waals surface area contributed by atoms with Gasteiger partial charge in [0.1, 0.15) is 0 Å². The fourth-order valence-corrected chi connectivity index (χ4v) is 7.28. The predicted molar refractivity (Wildman–Crippen MR) is 244 cm³/mol. The summed E-state index contributed by atoms with van der Waals surface area (Å²) in [5.41, 5.74) is 0. The summed E-state index contributed by atoms with van der Waals surface area (Å²) in [6, 6.07) is -0.644. The Labute approximate surface area is 344 Å². The molecule has 0 bridgehead atoms. The monoisotopic (exact) mass is 770 g/mol. The largest absolute Gasteiger partial charge is 0.394 e. The number of rotatable bonds is 44. The summed E-state index contributed by atoms with van der Waals surface area (Å²) in [7, 11) is 0. The molecule has 0 heterocycles. The van der Waals surface area contributed by atoms with Crippen LogP contribution in [0.2, 0.25) is 0 Å². The lowest BCUT2D eigenvalue weighted by atomic mass is 10.0. The molecule has 1 amide bonds. The van der Waals surface area contributed by atoms with Gasteiger partial charge < -0.3 is 15.5 Å². The van der Waals surface area contributed by atoms with Crippen molar-refractivity contribution in [3.63, 3.8) is 0 Å². The number of aliphatic hydroxyl groups excluding tert-OH is 2. The highest BCUT2D eigenvalue weighted by Crippen LogP contribution is 2.16. The Morgan fingerprint density at radius 1 is 0.436 bits per heavy atom. The van der Waals surface area contributed by atoms with E-state index in [-0.39, 0.29) is 12.5 Å². The number of allylic oxidation sites excluding steroid dienone is 7. The quantitative estimate of drug-likeness (QED) is 0.0427. The molecule has 4 nitrogen and oxygen atoms in total. The lowest BCUT2D eigenvalue weighted by Crippen LogP contribution is -2.45. The van der Waals surface area contributed by atoms with Crippen molar-refractivity contribution in [2.45, 2.75) is 264 Å². The van der Waals surface area contributed by atoms with Gasteiger partial charge in [0.05, 0.1) is 18.8 Å². The minimum absolute atomic E-state index is 0.0814. The number of carbonyl (C=O) groups excluding carboxylic acids is 1. The SMILES string of the molecule is CCCCC/C=C\C/C=C\CCCCCCCCCC(=O)NC(CO)C(O)/C=C/CC/C=C/CCCCCCCCCCCCCCCCCCCCCC. The molecule has 0 fully saturated rings. The zero-order valence-corrected chi connectivity index (χ0v) is 36.9. The van der Waals surface area contributed by atoms with E-state index in [4.69, 9.17) is 0 Å². The summed E-state index contributed by atoms with van der Waals surface area (Å²) in [6.07, 6.45) is 63.8. The van der Waals surface area contributed by atoms with Gasteiger partial charge in [-0.15, -0.1) is 0 Å². The summed E-state index contributed by atoms with van der Waals surface area (Å²) in [6.45, 7) is 4.28. The normalized spacial score (nSPS) is 13.3. The maximum absolute atomic E-state index is 12.4. The van der Waals surface area contributed by atoms with Crippen molar-refractivity contribution in [2.75, 3.05) is 6.61 Å². The van der Waals surface area contributed by atoms with Gasteiger partial charge in [-0.05, 0) is 64.2 Å². The number of hydrogen-bond acceptors (Lipinski definition) is 3. The van der Waals surface area contributed by atoms with Gasteiger partial charge in [0.15, 0.2) is 0 Å². The van der Waals surface area contributed by atoms with Crippen molar-refractivity contribution in [3.05, 3.63) is 48.6 Å². The summed E-state index contributed by atoms with van der Waals surface area (Å²) in [5.74, 6) is -0.0814. The molecule has 0 aliphatic heterocycles. The molecule has 0 aliphatic carbocycles. The van der Waals surface area contributed by atoms with Gasteiger partial charge in [0.25, 0.3) is 0 Å². The third-order valence-corrected chi connectivity index (χ3v) is 11.0. The molecule has 2 atom stereocenters. The Kier molecular flexibility index (Phi) is 45.3. The van der Waals surface area contributed by atoms with Crippen LogP contribution in [0.15, 0.2) is 48.6 Å². The molecule has 0 aromatic heterocycles. The van der Waals surface area contributed by atoms with Gasteiger partial charge in [0.2, 0.25) is 5.91 Å². The summed E-state index contributed by atoms with van der Waals surface area (Å²) >= 11 is 0. The number of carbonyl (C=O) groups is 1. The Hall–Kier alpha value is -1.65. The lowest BCUT2D eigenvalue weighted by Gasteiger charge is -2.19. The average molecular weight is 770 g/mol. The van der Waals surface area contributed by atoms with Crippen LogP contribution in [-0.2, 0) is 4.79 Å². The molecule has 0 aromatic carbocycles. The summed E-state index contributed by atoms with van der Waals surface area (Å²) < 4.78 is 0. The zero-order chi connectivity index (χ0) is 40.0. The van der Waals surface area contributed by atoms with Crippen LogP contribution in [0.4, 0.5) is 0 Å². The standard InChI is InChI=1S/C51H95NO3/c1-3-5-7-9-11-13-15-17-19-21-22-23-24-25-26-27-28-29-31-32-34-36-38-40-42-44-46-50(54)49(48-53)52-51(55)47-45-43-41-39-37-35-33-30-20-18-16-14-12-10-8-6-4-2/h12,14,18,20,36,38,44,46,49-50,53-54H,3-11,13,15-17,19,21-35,37,39-43,45,47-48H2,1-2H3,(H,52,55)/b14-12-,20-18-,38-36+,46-44+. The third-order valence-electron chi connectivity index (χ3n) is 11.0. The van der Waals surface area contributed by atoms with Gasteiger partial charge >= 0.3 is 0 Å². The molecular formula is C51H95NO3. The Morgan fingerprint density at radius 3 is 1.20 bits per heavy atom. The summed E-state index contributed by atoms with van der Waals surface area (Å²) in [5, 5.41) is 23.0. The highest BCUT2D eigenvalue weighted by atomic mass is 16.3. The second-order valence-corrected chi connectivity index (χ2v) is 16.5. The number of amides is 1. The molecule has 0 saturated carbocycles. The van der Waals surface area contributed by atoms with E-state index in [1.165, 1.54) is 186 Å². The number of nitrogens with one attached hydrogen (secondary N) is 1. The van der Waals surface area contributed by atoms with Crippen LogP contribution in [-0.4, -0.2) is 34.9 Å². The summed E-state index contributed by atoms with van der Waals surface area (Å²) in [4.78, 5) is 12.4.